The van der Waals surface area contributed by atoms with Crippen LogP contribution in [0.3, 0.4) is 0 Å². The third-order valence-electron chi connectivity index (χ3n) is 4.52. The van der Waals surface area contributed by atoms with Gasteiger partial charge in [0.25, 0.3) is 15.9 Å². The molecule has 0 spiro atoms. The number of aromatic nitrogens is 1. The van der Waals surface area contributed by atoms with E-state index in [4.69, 9.17) is 4.42 Å². The number of carbonyl (C=O) groups excluding carboxylic acids is 1. The van der Waals surface area contributed by atoms with E-state index in [1.165, 1.54) is 22.5 Å². The number of nitrogens with zero attached hydrogens (tertiary/aromatic N) is 2. The van der Waals surface area contributed by atoms with E-state index >= 15 is 0 Å². The molecule has 1 aliphatic heterocycles. The lowest BCUT2D eigenvalue weighted by atomic mass is 10.2. The normalized spacial score (nSPS) is 15.7. The average Bonchev–Trinajstić information content (AvgIpc) is 3.23. The van der Waals surface area contributed by atoms with Crippen LogP contribution in [0.15, 0.2) is 40.0 Å². The Hall–Kier alpha value is -2.60. The van der Waals surface area contributed by atoms with Crippen LogP contribution in [-0.4, -0.2) is 49.8 Å². The molecule has 2 aromatic rings. The van der Waals surface area contributed by atoms with Gasteiger partial charge in [0.05, 0.1) is 5.56 Å². The molecule has 30 heavy (non-hydrogen) atoms. The fourth-order valence-electron chi connectivity index (χ4n) is 2.93. The zero-order chi connectivity index (χ0) is 21.8. The van der Waals surface area contributed by atoms with Gasteiger partial charge in [0.2, 0.25) is 5.09 Å². The van der Waals surface area contributed by atoms with E-state index in [-0.39, 0.29) is 29.8 Å². The first-order chi connectivity index (χ1) is 14.2. The van der Waals surface area contributed by atoms with Crippen LogP contribution in [0.1, 0.15) is 35.4 Å². The topological polar surface area (TPSA) is 105 Å². The summed E-state index contributed by atoms with van der Waals surface area (Å²) < 4.78 is 69.2. The lowest BCUT2D eigenvalue weighted by Gasteiger charge is -2.24. The van der Waals surface area contributed by atoms with Crippen molar-refractivity contribution in [3.63, 3.8) is 0 Å². The van der Waals surface area contributed by atoms with Crippen LogP contribution in [0.25, 0.3) is 0 Å². The molecule has 2 N–H and O–H groups in total. The van der Waals surface area contributed by atoms with Crippen LogP contribution in [-0.2, 0) is 16.2 Å². The Bertz CT molecular complexity index is 968. The summed E-state index contributed by atoms with van der Waals surface area (Å²) in [7, 11) is -3.76. The smallest absolute Gasteiger partial charge is 0.417 e. The van der Waals surface area contributed by atoms with E-state index in [9.17, 15) is 26.4 Å². The van der Waals surface area contributed by atoms with E-state index in [1.807, 2.05) is 0 Å². The molecular weight excluding hydrogens is 425 g/mol. The summed E-state index contributed by atoms with van der Waals surface area (Å²) in [5.74, 6) is -0.513. The molecular formula is C18H21F3N4O4S. The van der Waals surface area contributed by atoms with Crippen LogP contribution in [0.4, 0.5) is 19.0 Å². The Morgan fingerprint density at radius 2 is 1.83 bits per heavy atom. The highest BCUT2D eigenvalue weighted by atomic mass is 32.2. The van der Waals surface area contributed by atoms with Gasteiger partial charge in [-0.3, -0.25) is 4.79 Å². The predicted molar refractivity (Wildman–Crippen MR) is 101 cm³/mol. The van der Waals surface area contributed by atoms with Crippen LogP contribution < -0.4 is 10.6 Å². The standard InChI is InChI=1S/C18H21F3N4O4S/c19-18(20,21)13-4-6-15(24-12-13)22-8-9-23-17(26)14-5-7-16(29-14)30(27,28)25-10-2-1-3-11-25/h4-7,12H,1-3,8-11H2,(H,22,24)(H,23,26). The molecule has 164 valence electrons. The van der Waals surface area contributed by atoms with Crippen molar-refractivity contribution in [1.82, 2.24) is 14.6 Å². The quantitative estimate of drug-likeness (QED) is 0.634. The van der Waals surface area contributed by atoms with Crippen molar-refractivity contribution >= 4 is 21.7 Å². The van der Waals surface area contributed by atoms with E-state index < -0.39 is 27.7 Å². The molecule has 3 heterocycles. The third-order valence-corrected chi connectivity index (χ3v) is 6.29. The van der Waals surface area contributed by atoms with Crippen LogP contribution >= 0.6 is 0 Å². The number of halogens is 3. The van der Waals surface area contributed by atoms with Gasteiger partial charge in [0.15, 0.2) is 5.76 Å². The molecule has 12 heteroatoms. The average molecular weight is 446 g/mol. The maximum Gasteiger partial charge on any atom is 0.417 e. The van der Waals surface area contributed by atoms with E-state index in [1.54, 1.807) is 0 Å². The largest absolute Gasteiger partial charge is 0.438 e. The van der Waals surface area contributed by atoms with Gasteiger partial charge in [-0.05, 0) is 37.1 Å². The summed E-state index contributed by atoms with van der Waals surface area (Å²) in [5.41, 5.74) is -0.852. The molecule has 1 amide bonds. The highest BCUT2D eigenvalue weighted by Gasteiger charge is 2.31. The minimum absolute atomic E-state index is 0.121. The summed E-state index contributed by atoms with van der Waals surface area (Å²) in [6.45, 7) is 1.17. The first-order valence-electron chi connectivity index (χ1n) is 9.33. The number of anilines is 1. The van der Waals surface area contributed by atoms with Crippen molar-refractivity contribution < 1.29 is 30.8 Å². The van der Waals surface area contributed by atoms with Crippen molar-refractivity contribution in [2.75, 3.05) is 31.5 Å². The van der Waals surface area contributed by atoms with Crippen molar-refractivity contribution in [1.29, 1.82) is 0 Å². The number of furan rings is 1. The van der Waals surface area contributed by atoms with Gasteiger partial charge in [0, 0.05) is 32.4 Å². The van der Waals surface area contributed by atoms with Crippen molar-refractivity contribution in [3.05, 3.63) is 41.8 Å². The molecule has 0 atom stereocenters. The predicted octanol–water partition coefficient (Wildman–Crippen LogP) is 2.71. The number of pyridine rings is 1. The van der Waals surface area contributed by atoms with Gasteiger partial charge >= 0.3 is 6.18 Å². The number of hydrogen-bond acceptors (Lipinski definition) is 6. The Labute approximate surface area is 171 Å². The fourth-order valence-corrected chi connectivity index (χ4v) is 4.36. The van der Waals surface area contributed by atoms with Crippen LogP contribution in [0, 0.1) is 0 Å². The summed E-state index contributed by atoms with van der Waals surface area (Å²) in [5, 5.41) is 5.04. The maximum atomic E-state index is 12.5. The van der Waals surface area contributed by atoms with E-state index in [0.717, 1.165) is 25.3 Å². The SMILES string of the molecule is O=C(NCCNc1ccc(C(F)(F)F)cn1)c1ccc(S(=O)(=O)N2CCCCC2)o1. The molecule has 1 fully saturated rings. The monoisotopic (exact) mass is 446 g/mol. The van der Waals surface area contributed by atoms with E-state index in [0.29, 0.717) is 19.3 Å². The molecule has 2 aromatic heterocycles. The Balaban J connectivity index is 1.49. The molecule has 0 radical (unpaired) electrons. The molecule has 0 unspecified atom stereocenters. The maximum absolute atomic E-state index is 12.5. The van der Waals surface area contributed by atoms with Crippen molar-refractivity contribution in [3.8, 4) is 0 Å². The zero-order valence-corrected chi connectivity index (χ0v) is 16.7. The summed E-state index contributed by atoms with van der Waals surface area (Å²) in [4.78, 5) is 15.8. The Morgan fingerprint density at radius 1 is 1.10 bits per heavy atom. The minimum Gasteiger partial charge on any atom is -0.438 e. The number of sulfonamides is 1. The summed E-state index contributed by atoms with van der Waals surface area (Å²) in [6.07, 6.45) is -1.19. The van der Waals surface area contributed by atoms with Gasteiger partial charge in [-0.25, -0.2) is 13.4 Å². The Kier molecular flexibility index (Phi) is 6.66. The number of piperidine rings is 1. The number of hydrogen-bond donors (Lipinski definition) is 2. The Morgan fingerprint density at radius 3 is 2.47 bits per heavy atom. The third kappa shape index (κ3) is 5.30. The second-order valence-corrected chi connectivity index (χ2v) is 8.56. The number of amides is 1. The first-order valence-corrected chi connectivity index (χ1v) is 10.8. The molecule has 3 rings (SSSR count). The number of alkyl halides is 3. The number of nitrogens with one attached hydrogen (secondary N) is 2. The highest BCUT2D eigenvalue weighted by molar-refractivity contribution is 7.89. The van der Waals surface area contributed by atoms with Gasteiger partial charge in [0.1, 0.15) is 5.82 Å². The summed E-state index contributed by atoms with van der Waals surface area (Å²) >= 11 is 0. The molecule has 1 aliphatic rings. The molecule has 0 saturated carbocycles. The van der Waals surface area contributed by atoms with Gasteiger partial charge in [-0.15, -0.1) is 0 Å². The first kappa shape index (κ1) is 22.1. The van der Waals surface area contributed by atoms with Gasteiger partial charge < -0.3 is 15.1 Å². The molecule has 8 nitrogen and oxygen atoms in total. The minimum atomic E-state index is -4.46. The molecule has 1 saturated heterocycles. The molecule has 0 aromatic carbocycles. The van der Waals surface area contributed by atoms with Gasteiger partial charge in [-0.1, -0.05) is 6.42 Å². The zero-order valence-electron chi connectivity index (χ0n) is 15.9. The number of rotatable bonds is 7. The van der Waals surface area contributed by atoms with Crippen molar-refractivity contribution in [2.24, 2.45) is 0 Å². The highest BCUT2D eigenvalue weighted by Crippen LogP contribution is 2.28. The summed E-state index contributed by atoms with van der Waals surface area (Å²) in [6, 6.07) is 4.64. The van der Waals surface area contributed by atoms with Crippen LogP contribution in [0.5, 0.6) is 0 Å². The van der Waals surface area contributed by atoms with Gasteiger partial charge in [-0.2, -0.15) is 17.5 Å². The second-order valence-electron chi connectivity index (χ2n) is 6.70. The molecule has 0 bridgehead atoms. The second kappa shape index (κ2) is 9.04. The lowest BCUT2D eigenvalue weighted by Crippen LogP contribution is -2.35. The molecule has 0 aliphatic carbocycles. The van der Waals surface area contributed by atoms with Crippen LogP contribution in [0.2, 0.25) is 0 Å². The number of carbonyl (C=O) groups is 1. The van der Waals surface area contributed by atoms with E-state index in [2.05, 4.69) is 15.6 Å². The van der Waals surface area contributed by atoms with Crippen molar-refractivity contribution in [2.45, 2.75) is 30.5 Å². The lowest BCUT2D eigenvalue weighted by molar-refractivity contribution is -0.137. The fraction of sp³-hybridized carbons (Fsp3) is 0.444.